The molecule has 0 aromatic heterocycles. The van der Waals surface area contributed by atoms with Crippen LogP contribution < -0.4 is 0 Å². The van der Waals surface area contributed by atoms with Gasteiger partial charge in [-0.25, -0.2) is 4.79 Å². The molecule has 0 atom stereocenters. The van der Waals surface area contributed by atoms with Gasteiger partial charge in [0.1, 0.15) is 6.61 Å². The quantitative estimate of drug-likeness (QED) is 0.477. The van der Waals surface area contributed by atoms with Gasteiger partial charge >= 0.3 is 5.97 Å². The second-order valence-corrected chi connectivity index (χ2v) is 3.40. The Morgan fingerprint density at radius 2 is 2.00 bits per heavy atom. The maximum absolute atomic E-state index is 11.6. The lowest BCUT2D eigenvalue weighted by atomic mass is 10.3. The first-order valence-electron chi connectivity index (χ1n) is 6.31. The zero-order valence-corrected chi connectivity index (χ0v) is 9.68. The summed E-state index contributed by atoms with van der Waals surface area (Å²) in [6.45, 7) is 0.0681. The second-order valence-electron chi connectivity index (χ2n) is 3.40. The predicted octanol–water partition coefficient (Wildman–Crippen LogP) is -1.49. The second kappa shape index (κ2) is 7.57. The Morgan fingerprint density at radius 1 is 1.33 bits per heavy atom. The van der Waals surface area contributed by atoms with E-state index in [2.05, 4.69) is 4.74 Å². The Kier molecular flexibility index (Phi) is 4.78. The first-order valence-corrected chi connectivity index (χ1v) is 5.31. The lowest BCUT2D eigenvalue weighted by Gasteiger charge is -2.26. The van der Waals surface area contributed by atoms with Crippen LogP contribution in [0.2, 0.25) is 0 Å². The van der Waals surface area contributed by atoms with E-state index in [9.17, 15) is 14.4 Å². The molecule has 1 fully saturated rings. The van der Waals surface area contributed by atoms with Crippen molar-refractivity contribution in [2.75, 3.05) is 39.5 Å². The van der Waals surface area contributed by atoms with Crippen molar-refractivity contribution in [1.29, 1.82) is 0 Å². The van der Waals surface area contributed by atoms with Crippen LogP contribution in [0.4, 0.5) is 0 Å². The molecule has 7 heteroatoms. The fraction of sp³-hybridized carbons (Fsp3) is 0.545. The summed E-state index contributed by atoms with van der Waals surface area (Å²) in [6.07, 6.45) is 0. The van der Waals surface area contributed by atoms with Crippen molar-refractivity contribution in [3.63, 3.8) is 0 Å². The van der Waals surface area contributed by atoms with Crippen LogP contribution in [0, 0.1) is 0 Å². The van der Waals surface area contributed by atoms with Crippen molar-refractivity contribution in [2.24, 2.45) is 0 Å². The number of esters is 1. The van der Waals surface area contributed by atoms with Crippen molar-refractivity contribution in [2.45, 2.75) is 0 Å². The Labute approximate surface area is 107 Å². The summed E-state index contributed by atoms with van der Waals surface area (Å²) in [4.78, 5) is 35.4. The third kappa shape index (κ3) is 5.07. The van der Waals surface area contributed by atoms with Crippen molar-refractivity contribution in [1.82, 2.24) is 4.90 Å². The Morgan fingerprint density at radius 3 is 2.61 bits per heavy atom. The summed E-state index contributed by atoms with van der Waals surface area (Å²) < 4.78 is 24.0. The van der Waals surface area contributed by atoms with Gasteiger partial charge in [-0.05, 0) is 6.05 Å². The van der Waals surface area contributed by atoms with Crippen LogP contribution >= 0.6 is 0 Å². The van der Waals surface area contributed by atoms with Crippen molar-refractivity contribution >= 4 is 17.7 Å². The molecule has 18 heavy (non-hydrogen) atoms. The van der Waals surface area contributed by atoms with Crippen molar-refractivity contribution in [3.05, 3.63) is 12.1 Å². The van der Waals surface area contributed by atoms with Crippen LogP contribution in [-0.2, 0) is 23.9 Å². The Hall–Kier alpha value is -1.73. The molecule has 100 valence electrons. The van der Waals surface area contributed by atoms with Gasteiger partial charge in [-0.1, -0.05) is 0 Å². The molecule has 1 heterocycles. The minimum atomic E-state index is -1.25. The van der Waals surface area contributed by atoms with Gasteiger partial charge in [0.05, 0.1) is 16.0 Å². The van der Waals surface area contributed by atoms with E-state index >= 15 is 0 Å². The first kappa shape index (κ1) is 11.4. The minimum absolute atomic E-state index is 0.395. The lowest BCUT2D eigenvalue weighted by Crippen LogP contribution is -2.42. The lowest BCUT2D eigenvalue weighted by molar-refractivity contribution is -0.150. The molecule has 0 radical (unpaired) electrons. The molecule has 0 spiro atoms. The molecular weight excluding hydrogens is 242 g/mol. The zero-order chi connectivity index (χ0) is 15.1. The number of ether oxygens (including phenoxy) is 2. The summed E-state index contributed by atoms with van der Waals surface area (Å²) in [5.41, 5.74) is 0. The highest BCUT2D eigenvalue weighted by Crippen LogP contribution is 1.98. The average molecular weight is 259 g/mol. The molecule has 0 bridgehead atoms. The normalized spacial score (nSPS) is 18.4. The number of aliphatic hydroxyl groups is 1. The van der Waals surface area contributed by atoms with Crippen LogP contribution in [0.5, 0.6) is 0 Å². The number of hydrogen-bond donors (Lipinski definition) is 1. The van der Waals surface area contributed by atoms with E-state index in [4.69, 9.17) is 12.6 Å². The number of morpholine rings is 1. The van der Waals surface area contributed by atoms with E-state index in [-0.39, 0.29) is 0 Å². The number of carbonyl (C=O) groups is 3. The number of rotatable bonds is 5. The highest BCUT2D eigenvalue weighted by molar-refractivity contribution is 5.96. The van der Waals surface area contributed by atoms with E-state index in [1.807, 2.05) is 0 Å². The highest BCUT2D eigenvalue weighted by Gasteiger charge is 2.17. The van der Waals surface area contributed by atoms with E-state index in [0.29, 0.717) is 26.3 Å². The predicted molar refractivity (Wildman–Crippen MR) is 59.6 cm³/mol. The van der Waals surface area contributed by atoms with Gasteiger partial charge in [0.15, 0.2) is 12.4 Å². The number of ketones is 1. The van der Waals surface area contributed by atoms with E-state index in [0.717, 1.165) is 0 Å². The minimum Gasteiger partial charge on any atom is -0.452 e. The zero-order valence-electron chi connectivity index (χ0n) is 11.7. The van der Waals surface area contributed by atoms with Crippen LogP contribution in [0.3, 0.4) is 0 Å². The van der Waals surface area contributed by atoms with Crippen LogP contribution in [0.15, 0.2) is 12.1 Å². The molecule has 1 aliphatic heterocycles. The maximum atomic E-state index is 11.6. The standard InChI is InChI=1S/C11H15NO6/c13-7-9(14)1-2-11(16)18-8-10(15)12-3-5-17-6-4-12/h1-2,13H,3-8H2/b2-1+/i1D,2D. The van der Waals surface area contributed by atoms with Gasteiger partial charge in [0.2, 0.25) is 0 Å². The van der Waals surface area contributed by atoms with Gasteiger partial charge in [-0.15, -0.1) is 0 Å². The molecule has 0 aromatic rings. The topological polar surface area (TPSA) is 93.1 Å². The molecule has 0 aromatic carbocycles. The van der Waals surface area contributed by atoms with Crippen molar-refractivity contribution in [3.8, 4) is 0 Å². The third-order valence-corrected chi connectivity index (χ3v) is 2.14. The molecule has 1 rings (SSSR count). The molecule has 0 unspecified atom stereocenters. The van der Waals surface area contributed by atoms with E-state index in [1.165, 1.54) is 4.90 Å². The smallest absolute Gasteiger partial charge is 0.331 e. The molecule has 1 aliphatic rings. The molecule has 7 nitrogen and oxygen atoms in total. The van der Waals surface area contributed by atoms with E-state index in [1.54, 1.807) is 0 Å². The third-order valence-electron chi connectivity index (χ3n) is 2.14. The van der Waals surface area contributed by atoms with Crippen LogP contribution in [-0.4, -0.2) is 67.2 Å². The average Bonchev–Trinajstić information content (AvgIpc) is 2.50. The van der Waals surface area contributed by atoms with Gasteiger partial charge < -0.3 is 19.5 Å². The number of aliphatic hydroxyl groups excluding tert-OH is 1. The van der Waals surface area contributed by atoms with Gasteiger partial charge in [-0.3, -0.25) is 9.59 Å². The summed E-state index contributed by atoms with van der Waals surface area (Å²) in [5, 5.41) is 8.51. The largest absolute Gasteiger partial charge is 0.452 e. The molecular formula is C11H15NO6. The SMILES string of the molecule is [2H]/C(C(=O)CO)=C(/[2H])C(=O)OCC(=O)N1CCOCC1. The van der Waals surface area contributed by atoms with Gasteiger partial charge in [0.25, 0.3) is 5.91 Å². The van der Waals surface area contributed by atoms with Gasteiger partial charge in [0, 0.05) is 19.1 Å². The molecule has 1 saturated heterocycles. The fourth-order valence-corrected chi connectivity index (χ4v) is 1.23. The number of amides is 1. The van der Waals surface area contributed by atoms with Crippen LogP contribution in [0.1, 0.15) is 2.74 Å². The first-order chi connectivity index (χ1) is 9.47. The Balaban J connectivity index is 2.50. The Bertz CT molecular complexity index is 431. The van der Waals surface area contributed by atoms with E-state index < -0.39 is 43.0 Å². The number of hydrogen-bond acceptors (Lipinski definition) is 6. The highest BCUT2D eigenvalue weighted by atomic mass is 16.5. The van der Waals surface area contributed by atoms with Crippen LogP contribution in [0.25, 0.3) is 0 Å². The summed E-state index contributed by atoms with van der Waals surface area (Å²) in [7, 11) is 0. The number of carbonyl (C=O) groups excluding carboxylic acids is 3. The summed E-state index contributed by atoms with van der Waals surface area (Å²) >= 11 is 0. The van der Waals surface area contributed by atoms with Crippen molar-refractivity contribution < 1.29 is 31.7 Å². The fourth-order valence-electron chi connectivity index (χ4n) is 1.23. The molecule has 0 saturated carbocycles. The van der Waals surface area contributed by atoms with Gasteiger partial charge in [-0.2, -0.15) is 0 Å². The monoisotopic (exact) mass is 259 g/mol. The maximum Gasteiger partial charge on any atom is 0.331 e. The summed E-state index contributed by atoms with van der Waals surface area (Å²) in [5.74, 6) is -2.75. The number of nitrogens with zero attached hydrogens (tertiary/aromatic N) is 1. The summed E-state index contributed by atoms with van der Waals surface area (Å²) in [6, 6.07) is -1.94. The molecule has 0 aliphatic carbocycles. The molecule has 1 amide bonds. The molecule has 1 N–H and O–H groups in total.